The van der Waals surface area contributed by atoms with Crippen molar-refractivity contribution >= 4 is 17.7 Å². The van der Waals surface area contributed by atoms with Crippen LogP contribution in [-0.4, -0.2) is 35.0 Å². The van der Waals surface area contributed by atoms with Gasteiger partial charge in [0.05, 0.1) is 12.7 Å². The number of aliphatic imine (C=N–C) groups is 1. The van der Waals surface area contributed by atoms with Gasteiger partial charge in [0.1, 0.15) is 5.75 Å². The molecule has 0 spiro atoms. The van der Waals surface area contributed by atoms with Crippen molar-refractivity contribution < 1.29 is 9.13 Å². The van der Waals surface area contributed by atoms with E-state index in [-0.39, 0.29) is 5.75 Å². The molecule has 2 N–H and O–H groups in total. The Morgan fingerprint density at radius 1 is 1.36 bits per heavy atom. The smallest absolute Gasteiger partial charge is 0.191 e. The second-order valence-corrected chi connectivity index (χ2v) is 7.90. The van der Waals surface area contributed by atoms with Gasteiger partial charge in [0.2, 0.25) is 0 Å². The Bertz CT molecular complexity index is 787. The third-order valence-electron chi connectivity index (χ3n) is 4.68. The molecule has 2 atom stereocenters. The monoisotopic (exact) mass is 402 g/mol. The van der Waals surface area contributed by atoms with Crippen LogP contribution in [0.2, 0.25) is 0 Å². The zero-order valence-electron chi connectivity index (χ0n) is 16.3. The summed E-state index contributed by atoms with van der Waals surface area (Å²) < 4.78 is 19.9. The van der Waals surface area contributed by atoms with E-state index in [0.29, 0.717) is 18.3 Å². The number of guanidine groups is 1. The number of halogens is 1. The van der Waals surface area contributed by atoms with Crippen LogP contribution in [0.5, 0.6) is 11.5 Å². The van der Waals surface area contributed by atoms with Gasteiger partial charge < -0.3 is 15.4 Å². The Morgan fingerprint density at radius 2 is 2.25 bits per heavy atom. The maximum absolute atomic E-state index is 14.4. The number of hydrogen-bond donors (Lipinski definition) is 2. The van der Waals surface area contributed by atoms with Crippen molar-refractivity contribution in [3.8, 4) is 11.5 Å². The van der Waals surface area contributed by atoms with Crippen LogP contribution in [0.1, 0.15) is 31.7 Å². The number of nitrogens with one attached hydrogen (secondary N) is 2. The van der Waals surface area contributed by atoms with Crippen LogP contribution in [0.15, 0.2) is 47.7 Å². The van der Waals surface area contributed by atoms with Gasteiger partial charge in [-0.15, -0.1) is 0 Å². The second kappa shape index (κ2) is 10.3. The van der Waals surface area contributed by atoms with Crippen LogP contribution in [0.4, 0.5) is 4.39 Å². The number of pyridine rings is 1. The van der Waals surface area contributed by atoms with E-state index in [0.717, 1.165) is 36.2 Å². The molecule has 150 valence electrons. The molecular formula is C21H27FN4OS. The minimum absolute atomic E-state index is 0.180. The van der Waals surface area contributed by atoms with Crippen molar-refractivity contribution in [2.24, 2.45) is 4.99 Å². The van der Waals surface area contributed by atoms with Crippen molar-refractivity contribution in [3.05, 3.63) is 54.1 Å². The van der Waals surface area contributed by atoms with Gasteiger partial charge >= 0.3 is 0 Å². The largest absolute Gasteiger partial charge is 0.453 e. The zero-order valence-corrected chi connectivity index (χ0v) is 17.1. The first-order valence-electron chi connectivity index (χ1n) is 9.62. The Labute approximate surface area is 170 Å². The molecule has 1 aromatic heterocycles. The summed E-state index contributed by atoms with van der Waals surface area (Å²) in [7, 11) is 0. The number of ether oxygens (including phenoxy) is 1. The molecule has 0 saturated heterocycles. The summed E-state index contributed by atoms with van der Waals surface area (Å²) in [4.78, 5) is 8.59. The Kier molecular flexibility index (Phi) is 7.54. The maximum Gasteiger partial charge on any atom is 0.191 e. The first-order chi connectivity index (χ1) is 13.7. The van der Waals surface area contributed by atoms with E-state index in [2.05, 4.69) is 26.9 Å². The lowest BCUT2D eigenvalue weighted by molar-refractivity contribution is 0.440. The minimum atomic E-state index is -0.409. The highest BCUT2D eigenvalue weighted by Crippen LogP contribution is 2.28. The van der Waals surface area contributed by atoms with E-state index in [1.54, 1.807) is 30.6 Å². The predicted molar refractivity (Wildman–Crippen MR) is 114 cm³/mol. The van der Waals surface area contributed by atoms with Gasteiger partial charge in [0.25, 0.3) is 0 Å². The molecule has 2 aromatic rings. The first kappa shape index (κ1) is 20.5. The lowest BCUT2D eigenvalue weighted by Crippen LogP contribution is -2.42. The van der Waals surface area contributed by atoms with E-state index >= 15 is 0 Å². The SMILES string of the molecule is CCNC(=NCc1ccc(Oc2cccnc2)c(F)c1)NC1CCC(SC)C1. The highest BCUT2D eigenvalue weighted by atomic mass is 32.2. The number of benzene rings is 1. The van der Waals surface area contributed by atoms with Crippen LogP contribution in [0.25, 0.3) is 0 Å². The van der Waals surface area contributed by atoms with Gasteiger partial charge in [0.15, 0.2) is 17.5 Å². The van der Waals surface area contributed by atoms with Gasteiger partial charge in [-0.05, 0) is 62.3 Å². The van der Waals surface area contributed by atoms with E-state index < -0.39 is 5.82 Å². The fourth-order valence-electron chi connectivity index (χ4n) is 3.23. The van der Waals surface area contributed by atoms with Gasteiger partial charge in [0, 0.05) is 24.0 Å². The molecule has 28 heavy (non-hydrogen) atoms. The lowest BCUT2D eigenvalue weighted by atomic mass is 10.2. The third-order valence-corrected chi connectivity index (χ3v) is 5.78. The first-order valence-corrected chi connectivity index (χ1v) is 10.9. The molecular weight excluding hydrogens is 375 g/mol. The molecule has 1 aliphatic carbocycles. The summed E-state index contributed by atoms with van der Waals surface area (Å²) in [6.45, 7) is 3.23. The topological polar surface area (TPSA) is 58.5 Å². The number of nitrogens with zero attached hydrogens (tertiary/aromatic N) is 2. The van der Waals surface area contributed by atoms with Crippen LogP contribution < -0.4 is 15.4 Å². The third kappa shape index (κ3) is 5.86. The Morgan fingerprint density at radius 3 is 2.93 bits per heavy atom. The summed E-state index contributed by atoms with van der Waals surface area (Å²) in [6, 6.07) is 8.87. The van der Waals surface area contributed by atoms with Crippen molar-refractivity contribution in [2.45, 2.75) is 44.0 Å². The predicted octanol–water partition coefficient (Wildman–Crippen LogP) is 4.35. The number of hydrogen-bond acceptors (Lipinski definition) is 4. The van der Waals surface area contributed by atoms with E-state index in [1.807, 2.05) is 24.8 Å². The van der Waals surface area contributed by atoms with Gasteiger partial charge in [-0.2, -0.15) is 11.8 Å². The Balaban J connectivity index is 1.61. The summed E-state index contributed by atoms with van der Waals surface area (Å²) in [5, 5.41) is 7.51. The van der Waals surface area contributed by atoms with Crippen molar-refractivity contribution in [1.29, 1.82) is 0 Å². The van der Waals surface area contributed by atoms with E-state index in [4.69, 9.17) is 4.74 Å². The van der Waals surface area contributed by atoms with Gasteiger partial charge in [-0.25, -0.2) is 9.38 Å². The molecule has 0 bridgehead atoms. The lowest BCUT2D eigenvalue weighted by Gasteiger charge is -2.17. The van der Waals surface area contributed by atoms with Crippen molar-refractivity contribution in [1.82, 2.24) is 15.6 Å². The second-order valence-electron chi connectivity index (χ2n) is 6.76. The highest BCUT2D eigenvalue weighted by molar-refractivity contribution is 7.99. The fourth-order valence-corrected chi connectivity index (χ4v) is 4.03. The summed E-state index contributed by atoms with van der Waals surface area (Å²) in [5.74, 6) is 1.06. The van der Waals surface area contributed by atoms with Crippen LogP contribution >= 0.6 is 11.8 Å². The molecule has 1 saturated carbocycles. The average molecular weight is 403 g/mol. The molecule has 0 radical (unpaired) electrons. The summed E-state index contributed by atoms with van der Waals surface area (Å²) >= 11 is 1.93. The normalized spacial score (nSPS) is 19.5. The summed E-state index contributed by atoms with van der Waals surface area (Å²) in [6.07, 6.45) is 8.92. The molecule has 1 aromatic carbocycles. The van der Waals surface area contributed by atoms with Crippen LogP contribution in [-0.2, 0) is 6.54 Å². The molecule has 0 amide bonds. The molecule has 2 unspecified atom stereocenters. The maximum atomic E-state index is 14.4. The molecule has 7 heteroatoms. The van der Waals surface area contributed by atoms with Crippen LogP contribution in [0, 0.1) is 5.82 Å². The average Bonchev–Trinajstić information content (AvgIpc) is 3.17. The number of thioether (sulfide) groups is 1. The minimum Gasteiger partial charge on any atom is -0.453 e. The van der Waals surface area contributed by atoms with Crippen LogP contribution in [0.3, 0.4) is 0 Å². The van der Waals surface area contributed by atoms with Gasteiger partial charge in [-0.3, -0.25) is 4.98 Å². The fraction of sp³-hybridized carbons (Fsp3) is 0.429. The Hall–Kier alpha value is -2.28. The van der Waals surface area contributed by atoms with E-state index in [9.17, 15) is 4.39 Å². The number of aromatic nitrogens is 1. The van der Waals surface area contributed by atoms with Crippen molar-refractivity contribution in [3.63, 3.8) is 0 Å². The number of rotatable bonds is 7. The quantitative estimate of drug-likeness (QED) is 0.533. The van der Waals surface area contributed by atoms with Crippen molar-refractivity contribution in [2.75, 3.05) is 12.8 Å². The molecule has 1 aliphatic rings. The molecule has 1 fully saturated rings. The standard InChI is InChI=1S/C21H27FN4OS/c1-3-24-21(26-16-7-8-18(12-16)28-2)25-13-15-6-9-20(19(22)11-15)27-17-5-4-10-23-14-17/h4-6,9-11,14,16,18H,3,7-8,12-13H2,1-2H3,(H2,24,25,26). The molecule has 1 heterocycles. The molecule has 0 aliphatic heterocycles. The van der Waals surface area contributed by atoms with Gasteiger partial charge in [-0.1, -0.05) is 6.07 Å². The summed E-state index contributed by atoms with van der Waals surface area (Å²) in [5.41, 5.74) is 0.793. The molecule has 3 rings (SSSR count). The zero-order chi connectivity index (χ0) is 19.8. The highest BCUT2D eigenvalue weighted by Gasteiger charge is 2.24. The van der Waals surface area contributed by atoms with E-state index in [1.165, 1.54) is 12.5 Å². The molecule has 5 nitrogen and oxygen atoms in total.